The van der Waals surface area contributed by atoms with Crippen molar-refractivity contribution >= 4 is 80.9 Å². The highest BCUT2D eigenvalue weighted by Crippen LogP contribution is 2.31. The van der Waals surface area contributed by atoms with Crippen molar-refractivity contribution in [1.29, 1.82) is 0 Å². The predicted molar refractivity (Wildman–Crippen MR) is 157 cm³/mol. The maximum Gasteiger partial charge on any atom is 0.338 e. The van der Waals surface area contributed by atoms with Gasteiger partial charge in [0.15, 0.2) is 5.17 Å². The van der Waals surface area contributed by atoms with E-state index in [1.54, 1.807) is 66.4 Å². The number of carbonyl (C=O) groups excluding carboxylic acids is 3. The third-order valence-corrected chi connectivity index (χ3v) is 7.58. The lowest BCUT2D eigenvalue weighted by Crippen LogP contribution is -2.46. The number of halogens is 3. The van der Waals surface area contributed by atoms with Gasteiger partial charge in [-0.2, -0.15) is 0 Å². The van der Waals surface area contributed by atoms with Crippen LogP contribution in [0, 0.1) is 0 Å². The number of aliphatic imine (C=N–C) groups is 1. The molecule has 0 bridgehead atoms. The number of ether oxygens (including phenoxy) is 1. The Morgan fingerprint density at radius 3 is 2.31 bits per heavy atom. The van der Waals surface area contributed by atoms with Crippen LogP contribution >= 0.6 is 46.6 Å². The molecule has 0 saturated carbocycles. The molecule has 1 aliphatic heterocycles. The topological polar surface area (TPSA) is 88.1 Å². The Balaban J connectivity index is 1.57. The molecule has 2 amide bonds. The smallest absolute Gasteiger partial charge is 0.338 e. The number of rotatable bonds is 8. The Labute approximate surface area is 245 Å². The molecule has 1 N–H and O–H groups in total. The molecule has 1 atom stereocenters. The molecule has 1 aliphatic rings. The van der Waals surface area contributed by atoms with Crippen molar-refractivity contribution in [3.05, 3.63) is 92.9 Å². The molecule has 7 nitrogen and oxygen atoms in total. The van der Waals surface area contributed by atoms with Gasteiger partial charge in [0.2, 0.25) is 11.8 Å². The number of thioether (sulfide) groups is 1. The maximum atomic E-state index is 13.3. The minimum atomic E-state index is -0.723. The van der Waals surface area contributed by atoms with Crippen molar-refractivity contribution < 1.29 is 19.1 Å². The quantitative estimate of drug-likeness (QED) is 0.279. The first kappa shape index (κ1) is 29.0. The minimum Gasteiger partial charge on any atom is -0.462 e. The van der Waals surface area contributed by atoms with Gasteiger partial charge in [0.25, 0.3) is 0 Å². The van der Waals surface area contributed by atoms with E-state index in [-0.39, 0.29) is 24.8 Å². The van der Waals surface area contributed by atoms with Crippen LogP contribution in [-0.4, -0.2) is 46.3 Å². The minimum absolute atomic E-state index is 0.00771. The van der Waals surface area contributed by atoms with E-state index in [1.165, 1.54) is 11.8 Å². The number of anilines is 1. The molecular formula is C28H24Cl3N3O4S. The van der Waals surface area contributed by atoms with Crippen molar-refractivity contribution in [2.75, 3.05) is 18.5 Å². The van der Waals surface area contributed by atoms with Crippen molar-refractivity contribution in [3.8, 4) is 0 Å². The average Bonchev–Trinajstić information content (AvgIpc) is 2.89. The van der Waals surface area contributed by atoms with Gasteiger partial charge in [-0.05, 0) is 73.5 Å². The third-order valence-electron chi connectivity index (χ3n) is 5.70. The Bertz CT molecular complexity index is 1380. The van der Waals surface area contributed by atoms with Gasteiger partial charge in [-0.25, -0.2) is 9.79 Å². The Morgan fingerprint density at radius 2 is 1.67 bits per heavy atom. The van der Waals surface area contributed by atoms with Crippen LogP contribution in [0.4, 0.5) is 11.4 Å². The number of esters is 1. The summed E-state index contributed by atoms with van der Waals surface area (Å²) in [6.07, 6.45) is 0.564. The molecule has 0 spiro atoms. The molecule has 3 aromatic rings. The molecule has 0 aromatic heterocycles. The highest BCUT2D eigenvalue weighted by Gasteiger charge is 2.36. The number of amidine groups is 1. The summed E-state index contributed by atoms with van der Waals surface area (Å²) >= 11 is 19.3. The summed E-state index contributed by atoms with van der Waals surface area (Å²) in [6.45, 7) is 2.38. The molecule has 11 heteroatoms. The number of nitrogens with one attached hydrogen (secondary N) is 1. The van der Waals surface area contributed by atoms with Crippen molar-refractivity contribution in [2.45, 2.75) is 25.0 Å². The van der Waals surface area contributed by atoms with E-state index in [0.717, 1.165) is 5.56 Å². The van der Waals surface area contributed by atoms with Gasteiger partial charge in [-0.1, -0.05) is 58.7 Å². The second-order valence-corrected chi connectivity index (χ2v) is 11.0. The van der Waals surface area contributed by atoms with Crippen LogP contribution in [0.2, 0.25) is 15.1 Å². The zero-order valence-corrected chi connectivity index (χ0v) is 23.9. The van der Waals surface area contributed by atoms with E-state index in [9.17, 15) is 14.4 Å². The SMILES string of the molecule is CCOC(=O)c1ccc(N=C2SC(C(=O)Nc3cc(Cl)cc(Cl)c3)CC(=O)N2CCc2ccc(Cl)cc2)cc1. The molecule has 0 radical (unpaired) electrons. The number of hydrogen-bond acceptors (Lipinski definition) is 6. The van der Waals surface area contributed by atoms with Crippen molar-refractivity contribution in [2.24, 2.45) is 4.99 Å². The average molecular weight is 605 g/mol. The van der Waals surface area contributed by atoms with Crippen molar-refractivity contribution in [1.82, 2.24) is 4.90 Å². The summed E-state index contributed by atoms with van der Waals surface area (Å²) in [5, 5.41) is 3.84. The van der Waals surface area contributed by atoms with E-state index in [1.807, 2.05) is 12.1 Å². The fraction of sp³-hybridized carbons (Fsp3) is 0.214. The first-order valence-electron chi connectivity index (χ1n) is 12.1. The summed E-state index contributed by atoms with van der Waals surface area (Å²) < 4.78 is 5.03. The van der Waals surface area contributed by atoms with Gasteiger partial charge >= 0.3 is 5.97 Å². The first-order valence-corrected chi connectivity index (χ1v) is 14.1. The lowest BCUT2D eigenvalue weighted by atomic mass is 10.1. The number of carbonyl (C=O) groups is 3. The van der Waals surface area contributed by atoms with Crippen LogP contribution in [0.1, 0.15) is 29.3 Å². The van der Waals surface area contributed by atoms with Gasteiger partial charge in [-0.15, -0.1) is 0 Å². The molecule has 1 heterocycles. The van der Waals surface area contributed by atoms with Crippen LogP contribution in [0.25, 0.3) is 0 Å². The van der Waals surface area contributed by atoms with E-state index in [4.69, 9.17) is 39.5 Å². The fourth-order valence-corrected chi connectivity index (χ4v) is 5.58. The van der Waals surface area contributed by atoms with E-state index < -0.39 is 11.2 Å². The zero-order valence-electron chi connectivity index (χ0n) is 20.8. The third kappa shape index (κ3) is 7.99. The summed E-state index contributed by atoms with van der Waals surface area (Å²) in [5.74, 6) is -1.02. The molecule has 4 rings (SSSR count). The zero-order chi connectivity index (χ0) is 27.9. The fourth-order valence-electron chi connectivity index (χ4n) is 3.80. The number of hydrogen-bond donors (Lipinski definition) is 1. The lowest BCUT2D eigenvalue weighted by molar-refractivity contribution is -0.129. The second kappa shape index (κ2) is 13.3. The molecule has 3 aromatic carbocycles. The van der Waals surface area contributed by atoms with Gasteiger partial charge < -0.3 is 10.1 Å². The van der Waals surface area contributed by atoms with Crippen molar-refractivity contribution in [3.63, 3.8) is 0 Å². The second-order valence-electron chi connectivity index (χ2n) is 8.54. The molecule has 1 unspecified atom stereocenters. The molecule has 0 aliphatic carbocycles. The van der Waals surface area contributed by atoms with Gasteiger partial charge in [-0.3, -0.25) is 14.5 Å². The largest absolute Gasteiger partial charge is 0.462 e. The summed E-state index contributed by atoms with van der Waals surface area (Å²) in [7, 11) is 0. The monoisotopic (exact) mass is 603 g/mol. The van der Waals surface area contributed by atoms with E-state index >= 15 is 0 Å². The maximum absolute atomic E-state index is 13.3. The lowest BCUT2D eigenvalue weighted by Gasteiger charge is -2.32. The molecule has 1 fully saturated rings. The summed E-state index contributed by atoms with van der Waals surface area (Å²) in [5.41, 5.74) is 2.36. The Kier molecular flexibility index (Phi) is 9.91. The molecular weight excluding hydrogens is 581 g/mol. The normalized spacial score (nSPS) is 16.3. The molecule has 1 saturated heterocycles. The molecule has 39 heavy (non-hydrogen) atoms. The van der Waals surface area contributed by atoms with E-state index in [0.29, 0.717) is 50.1 Å². The number of nitrogens with zero attached hydrogens (tertiary/aromatic N) is 2. The van der Waals surface area contributed by atoms with Crippen LogP contribution < -0.4 is 5.32 Å². The first-order chi connectivity index (χ1) is 18.7. The van der Waals surface area contributed by atoms with Gasteiger partial charge in [0, 0.05) is 33.7 Å². The van der Waals surface area contributed by atoms with Crippen LogP contribution in [-0.2, 0) is 20.7 Å². The Hall–Kier alpha value is -3.04. The van der Waals surface area contributed by atoms with Gasteiger partial charge in [0.05, 0.1) is 17.9 Å². The molecule has 202 valence electrons. The summed E-state index contributed by atoms with van der Waals surface area (Å²) in [4.78, 5) is 44.7. The van der Waals surface area contributed by atoms with E-state index in [2.05, 4.69) is 10.3 Å². The van der Waals surface area contributed by atoms with Crippen LogP contribution in [0.15, 0.2) is 71.7 Å². The van der Waals surface area contributed by atoms with Crippen LogP contribution in [0.5, 0.6) is 0 Å². The predicted octanol–water partition coefficient (Wildman–Crippen LogP) is 7.03. The standard InChI is InChI=1S/C28H24Cl3N3O4S/c1-2-38-27(37)18-5-9-22(10-6-18)33-28-34(12-11-17-3-7-19(29)8-4-17)25(35)16-24(39-28)26(36)32-23-14-20(30)13-21(31)15-23/h3-10,13-15,24H,2,11-12,16H2,1H3,(H,32,36). The highest BCUT2D eigenvalue weighted by molar-refractivity contribution is 8.15. The number of amides is 2. The highest BCUT2D eigenvalue weighted by atomic mass is 35.5. The number of benzene rings is 3. The van der Waals surface area contributed by atoms with Gasteiger partial charge in [0.1, 0.15) is 5.25 Å². The summed E-state index contributed by atoms with van der Waals surface area (Å²) in [6, 6.07) is 18.7. The Morgan fingerprint density at radius 1 is 1.00 bits per heavy atom. The van der Waals surface area contributed by atoms with Crippen LogP contribution in [0.3, 0.4) is 0 Å².